The van der Waals surface area contributed by atoms with E-state index in [9.17, 15) is 4.79 Å². The second-order valence-corrected chi connectivity index (χ2v) is 5.14. The fraction of sp³-hybridized carbons (Fsp3) is 0.200. The Morgan fingerprint density at radius 1 is 1.43 bits per heavy atom. The first-order valence-corrected chi connectivity index (χ1v) is 6.90. The molecule has 1 aliphatic rings. The Hall–Kier alpha value is -2.27. The summed E-state index contributed by atoms with van der Waals surface area (Å²) in [6.45, 7) is 0.611. The minimum Gasteiger partial charge on any atom is -0.493 e. The molecule has 0 fully saturated rings. The molecule has 3 rings (SSSR count). The van der Waals surface area contributed by atoms with Gasteiger partial charge in [0.1, 0.15) is 11.6 Å². The topological polar surface area (TPSA) is 71.5 Å². The molecule has 5 nitrogen and oxygen atoms in total. The van der Waals surface area contributed by atoms with Crippen molar-refractivity contribution in [1.29, 1.82) is 0 Å². The van der Waals surface area contributed by atoms with E-state index in [1.54, 1.807) is 0 Å². The molecule has 2 aromatic rings. The molecular formula is C15H13ClN2O3. The minimum atomic E-state index is -1.05. The van der Waals surface area contributed by atoms with Crippen LogP contribution in [0.3, 0.4) is 0 Å². The van der Waals surface area contributed by atoms with E-state index >= 15 is 0 Å². The number of halogens is 1. The van der Waals surface area contributed by atoms with E-state index < -0.39 is 5.97 Å². The second kappa shape index (κ2) is 5.61. The van der Waals surface area contributed by atoms with E-state index in [1.807, 2.05) is 24.3 Å². The summed E-state index contributed by atoms with van der Waals surface area (Å²) in [5.41, 5.74) is 1.11. The summed E-state index contributed by atoms with van der Waals surface area (Å²) >= 11 is 6.10. The van der Waals surface area contributed by atoms with Crippen molar-refractivity contribution in [1.82, 2.24) is 4.98 Å². The van der Waals surface area contributed by atoms with E-state index in [4.69, 9.17) is 21.4 Å². The fourth-order valence-electron chi connectivity index (χ4n) is 2.32. The summed E-state index contributed by atoms with van der Waals surface area (Å²) in [6.07, 6.45) is 2.08. The average molecular weight is 305 g/mol. The number of hydrogen-bond donors (Lipinski definition) is 2. The molecule has 0 aliphatic carbocycles. The van der Waals surface area contributed by atoms with Crippen LogP contribution in [0, 0.1) is 0 Å². The maximum atomic E-state index is 10.9. The molecule has 1 atom stereocenters. The number of pyridine rings is 1. The Labute approximate surface area is 126 Å². The van der Waals surface area contributed by atoms with Crippen molar-refractivity contribution in [3.8, 4) is 5.75 Å². The number of aromatic carboxylic acids is 1. The van der Waals surface area contributed by atoms with Gasteiger partial charge in [-0.2, -0.15) is 0 Å². The summed E-state index contributed by atoms with van der Waals surface area (Å²) in [6, 6.07) is 9.22. The number of hydrogen-bond acceptors (Lipinski definition) is 4. The number of ether oxygens (including phenoxy) is 1. The van der Waals surface area contributed by atoms with Crippen LogP contribution in [0.1, 0.15) is 28.4 Å². The summed E-state index contributed by atoms with van der Waals surface area (Å²) in [5, 5.41) is 12.5. The van der Waals surface area contributed by atoms with Gasteiger partial charge in [0.25, 0.3) is 0 Å². The van der Waals surface area contributed by atoms with E-state index in [0.717, 1.165) is 17.7 Å². The van der Waals surface area contributed by atoms with Gasteiger partial charge in [-0.15, -0.1) is 0 Å². The van der Waals surface area contributed by atoms with Crippen LogP contribution >= 0.6 is 11.6 Å². The maximum absolute atomic E-state index is 10.9. The van der Waals surface area contributed by atoms with Crippen molar-refractivity contribution in [2.45, 2.75) is 12.5 Å². The van der Waals surface area contributed by atoms with Crippen molar-refractivity contribution >= 4 is 23.4 Å². The van der Waals surface area contributed by atoms with Crippen molar-refractivity contribution in [2.75, 3.05) is 11.9 Å². The van der Waals surface area contributed by atoms with Crippen LogP contribution in [-0.2, 0) is 0 Å². The second-order valence-electron chi connectivity index (χ2n) is 4.73. The lowest BCUT2D eigenvalue weighted by molar-refractivity contribution is 0.0696. The van der Waals surface area contributed by atoms with Gasteiger partial charge >= 0.3 is 5.97 Å². The number of carbonyl (C=O) groups is 1. The third kappa shape index (κ3) is 2.78. The molecule has 0 amide bonds. The number of carboxylic acids is 1. The minimum absolute atomic E-state index is 0.0376. The SMILES string of the molecule is O=C(O)c1cnc(NC2CCOc3ccccc32)c(Cl)c1. The number of rotatable bonds is 3. The molecule has 6 heteroatoms. The van der Waals surface area contributed by atoms with E-state index in [1.165, 1.54) is 12.3 Å². The van der Waals surface area contributed by atoms with Crippen molar-refractivity contribution < 1.29 is 14.6 Å². The predicted octanol–water partition coefficient (Wildman–Crippen LogP) is 3.37. The summed E-state index contributed by atoms with van der Waals surface area (Å²) < 4.78 is 5.60. The Morgan fingerprint density at radius 2 is 2.24 bits per heavy atom. The lowest BCUT2D eigenvalue weighted by atomic mass is 10.0. The van der Waals surface area contributed by atoms with Crippen molar-refractivity contribution in [3.63, 3.8) is 0 Å². The van der Waals surface area contributed by atoms with Crippen molar-refractivity contribution in [3.05, 3.63) is 52.7 Å². The lowest BCUT2D eigenvalue weighted by Gasteiger charge is -2.27. The van der Waals surface area contributed by atoms with Crippen LogP contribution in [0.25, 0.3) is 0 Å². The molecule has 2 N–H and O–H groups in total. The van der Waals surface area contributed by atoms with Gasteiger partial charge in [-0.05, 0) is 12.1 Å². The first-order valence-electron chi connectivity index (χ1n) is 6.52. The number of para-hydroxylation sites is 1. The number of anilines is 1. The summed E-state index contributed by atoms with van der Waals surface area (Å²) in [4.78, 5) is 15.0. The zero-order valence-electron chi connectivity index (χ0n) is 11.0. The zero-order chi connectivity index (χ0) is 14.8. The highest BCUT2D eigenvalue weighted by atomic mass is 35.5. The van der Waals surface area contributed by atoms with Gasteiger partial charge in [-0.3, -0.25) is 0 Å². The first-order chi connectivity index (χ1) is 10.1. The van der Waals surface area contributed by atoms with Crippen molar-refractivity contribution in [2.24, 2.45) is 0 Å². The molecule has 1 aliphatic heterocycles. The highest BCUT2D eigenvalue weighted by molar-refractivity contribution is 6.33. The molecule has 1 aromatic carbocycles. The molecule has 0 bridgehead atoms. The van der Waals surface area contributed by atoms with Crippen LogP contribution in [-0.4, -0.2) is 22.7 Å². The van der Waals surface area contributed by atoms with Gasteiger partial charge in [0, 0.05) is 18.2 Å². The van der Waals surface area contributed by atoms with Crippen LogP contribution in [0.4, 0.5) is 5.82 Å². The first kappa shape index (κ1) is 13.7. The number of fused-ring (bicyclic) bond motifs is 1. The average Bonchev–Trinajstić information content (AvgIpc) is 2.49. The molecule has 21 heavy (non-hydrogen) atoms. The number of carboxylic acid groups (broad SMARTS) is 1. The number of aromatic nitrogens is 1. The monoisotopic (exact) mass is 304 g/mol. The van der Waals surface area contributed by atoms with Crippen LogP contribution in [0.5, 0.6) is 5.75 Å². The Kier molecular flexibility index (Phi) is 3.66. The van der Waals surface area contributed by atoms with Gasteiger partial charge in [0.2, 0.25) is 0 Å². The van der Waals surface area contributed by atoms with Crippen LogP contribution in [0.2, 0.25) is 5.02 Å². The quantitative estimate of drug-likeness (QED) is 0.909. The summed E-state index contributed by atoms with van der Waals surface area (Å²) in [7, 11) is 0. The zero-order valence-corrected chi connectivity index (χ0v) is 11.8. The van der Waals surface area contributed by atoms with Gasteiger partial charge in [-0.25, -0.2) is 9.78 Å². The molecule has 0 spiro atoms. The Morgan fingerprint density at radius 3 is 3.00 bits per heavy atom. The highest BCUT2D eigenvalue weighted by Gasteiger charge is 2.22. The highest BCUT2D eigenvalue weighted by Crippen LogP contribution is 2.35. The molecule has 1 aromatic heterocycles. The Balaban J connectivity index is 1.86. The molecular weight excluding hydrogens is 292 g/mol. The molecule has 0 saturated carbocycles. The standard InChI is InChI=1S/C15H13ClN2O3/c16-11-7-9(15(19)20)8-17-14(11)18-12-5-6-21-13-4-2-1-3-10(12)13/h1-4,7-8,12H,5-6H2,(H,17,18)(H,19,20). The third-order valence-corrected chi connectivity index (χ3v) is 3.65. The van der Waals surface area contributed by atoms with Gasteiger partial charge in [0.05, 0.1) is 23.2 Å². The van der Waals surface area contributed by atoms with E-state index in [2.05, 4.69) is 10.3 Å². The van der Waals surface area contributed by atoms with Crippen LogP contribution < -0.4 is 10.1 Å². The van der Waals surface area contributed by atoms with E-state index in [-0.39, 0.29) is 11.6 Å². The van der Waals surface area contributed by atoms with Crippen LogP contribution in [0.15, 0.2) is 36.5 Å². The number of benzene rings is 1. The molecule has 0 radical (unpaired) electrons. The van der Waals surface area contributed by atoms with Gasteiger partial charge in [-0.1, -0.05) is 29.8 Å². The van der Waals surface area contributed by atoms with Gasteiger partial charge < -0.3 is 15.2 Å². The molecule has 0 saturated heterocycles. The molecule has 108 valence electrons. The summed E-state index contributed by atoms with van der Waals surface area (Å²) in [5.74, 6) is 0.273. The number of nitrogens with one attached hydrogen (secondary N) is 1. The van der Waals surface area contributed by atoms with Gasteiger partial charge in [0.15, 0.2) is 0 Å². The molecule has 1 unspecified atom stereocenters. The predicted molar refractivity (Wildman–Crippen MR) is 79.1 cm³/mol. The van der Waals surface area contributed by atoms with E-state index in [0.29, 0.717) is 17.4 Å². The Bertz CT molecular complexity index is 690. The number of nitrogens with zero attached hydrogens (tertiary/aromatic N) is 1. The normalized spacial score (nSPS) is 16.7. The fourth-order valence-corrected chi connectivity index (χ4v) is 2.54. The largest absolute Gasteiger partial charge is 0.493 e. The molecule has 2 heterocycles. The third-order valence-electron chi connectivity index (χ3n) is 3.36. The smallest absolute Gasteiger partial charge is 0.337 e. The lowest BCUT2D eigenvalue weighted by Crippen LogP contribution is -2.21. The maximum Gasteiger partial charge on any atom is 0.337 e.